The summed E-state index contributed by atoms with van der Waals surface area (Å²) in [4.78, 5) is 0. The molecule has 0 saturated heterocycles. The van der Waals surface area contributed by atoms with Crippen molar-refractivity contribution < 1.29 is 5.21 Å². The number of hydrogen-bond acceptors (Lipinski definition) is 4. The first kappa shape index (κ1) is 14.6. The van der Waals surface area contributed by atoms with Crippen molar-refractivity contribution in [2.75, 3.05) is 12.8 Å². The largest absolute Gasteiger partial charge is 0.409 e. The van der Waals surface area contributed by atoms with Crippen molar-refractivity contribution in [1.82, 2.24) is 5.32 Å². The van der Waals surface area contributed by atoms with Gasteiger partial charge in [-0.2, -0.15) is 11.8 Å². The van der Waals surface area contributed by atoms with Crippen LogP contribution in [0.1, 0.15) is 44.9 Å². The number of amidine groups is 1. The molecule has 0 aromatic heterocycles. The van der Waals surface area contributed by atoms with Crippen LogP contribution in [0.2, 0.25) is 0 Å². The average Bonchev–Trinajstić information content (AvgIpc) is 2.38. The van der Waals surface area contributed by atoms with Crippen LogP contribution in [0.5, 0.6) is 0 Å². The monoisotopic (exact) mass is 259 g/mol. The molecule has 0 bridgehead atoms. The molecule has 5 heteroatoms. The van der Waals surface area contributed by atoms with Crippen LogP contribution >= 0.6 is 11.8 Å². The molecule has 4 N–H and O–H groups in total. The van der Waals surface area contributed by atoms with Gasteiger partial charge in [0.1, 0.15) is 5.84 Å². The van der Waals surface area contributed by atoms with Gasteiger partial charge in [-0.05, 0) is 44.9 Å². The lowest BCUT2D eigenvalue weighted by Crippen LogP contribution is -2.35. The highest BCUT2D eigenvalue weighted by Crippen LogP contribution is 2.26. The lowest BCUT2D eigenvalue weighted by Gasteiger charge is -2.28. The van der Waals surface area contributed by atoms with Gasteiger partial charge in [0.25, 0.3) is 0 Å². The molecular formula is C12H25N3OS. The Morgan fingerprint density at radius 2 is 2.29 bits per heavy atom. The summed E-state index contributed by atoms with van der Waals surface area (Å²) in [5, 5.41) is 15.8. The molecule has 2 unspecified atom stereocenters. The fourth-order valence-electron chi connectivity index (χ4n) is 2.33. The van der Waals surface area contributed by atoms with Crippen LogP contribution in [0.25, 0.3) is 0 Å². The highest BCUT2D eigenvalue weighted by atomic mass is 32.2. The molecule has 0 amide bonds. The van der Waals surface area contributed by atoms with E-state index in [2.05, 4.69) is 16.7 Å². The van der Waals surface area contributed by atoms with Gasteiger partial charge in [0.2, 0.25) is 0 Å². The number of thioether (sulfide) groups is 1. The molecular weight excluding hydrogens is 234 g/mol. The zero-order valence-corrected chi connectivity index (χ0v) is 11.5. The minimum Gasteiger partial charge on any atom is -0.409 e. The summed E-state index contributed by atoms with van der Waals surface area (Å²) < 4.78 is 0. The van der Waals surface area contributed by atoms with Crippen molar-refractivity contribution in [1.29, 1.82) is 0 Å². The lowest BCUT2D eigenvalue weighted by molar-refractivity contribution is 0.316. The molecule has 17 heavy (non-hydrogen) atoms. The average molecular weight is 259 g/mol. The second-order valence-corrected chi connectivity index (χ2v) is 5.86. The Labute approximate surface area is 108 Å². The summed E-state index contributed by atoms with van der Waals surface area (Å²) in [6.45, 7) is 1.05. The normalized spacial score (nSPS) is 26.1. The Morgan fingerprint density at radius 3 is 3.00 bits per heavy atom. The van der Waals surface area contributed by atoms with Gasteiger partial charge in [0.15, 0.2) is 0 Å². The fourth-order valence-corrected chi connectivity index (χ4v) is 3.16. The molecule has 1 rings (SSSR count). The van der Waals surface area contributed by atoms with Crippen LogP contribution in [-0.2, 0) is 0 Å². The van der Waals surface area contributed by atoms with E-state index < -0.39 is 0 Å². The van der Waals surface area contributed by atoms with Crippen molar-refractivity contribution in [3.63, 3.8) is 0 Å². The van der Waals surface area contributed by atoms with Crippen LogP contribution < -0.4 is 11.1 Å². The first-order valence-corrected chi connectivity index (χ1v) is 7.77. The topological polar surface area (TPSA) is 70.6 Å². The van der Waals surface area contributed by atoms with Crippen LogP contribution in [0.4, 0.5) is 0 Å². The predicted octanol–water partition coefficient (Wildman–Crippen LogP) is 2.17. The molecule has 0 spiro atoms. The number of nitrogens with two attached hydrogens (primary N) is 1. The second kappa shape index (κ2) is 8.64. The fraction of sp³-hybridized carbons (Fsp3) is 0.917. The lowest BCUT2D eigenvalue weighted by atomic mass is 9.95. The molecule has 1 saturated carbocycles. The quantitative estimate of drug-likeness (QED) is 0.215. The van der Waals surface area contributed by atoms with Crippen LogP contribution in [0, 0.1) is 0 Å². The zero-order valence-electron chi connectivity index (χ0n) is 10.7. The van der Waals surface area contributed by atoms with Crippen LogP contribution in [-0.4, -0.2) is 35.1 Å². The highest BCUT2D eigenvalue weighted by molar-refractivity contribution is 7.99. The van der Waals surface area contributed by atoms with Gasteiger partial charge in [-0.25, -0.2) is 0 Å². The van der Waals surface area contributed by atoms with E-state index in [4.69, 9.17) is 10.9 Å². The van der Waals surface area contributed by atoms with E-state index in [-0.39, 0.29) is 0 Å². The molecule has 0 aromatic carbocycles. The summed E-state index contributed by atoms with van der Waals surface area (Å²) >= 11 is 2.00. The van der Waals surface area contributed by atoms with Crippen LogP contribution in [0.3, 0.4) is 0 Å². The number of nitrogens with one attached hydrogen (secondary N) is 1. The van der Waals surface area contributed by atoms with E-state index in [1.54, 1.807) is 0 Å². The maximum absolute atomic E-state index is 8.40. The second-order valence-electron chi connectivity index (χ2n) is 4.72. The van der Waals surface area contributed by atoms with Crippen molar-refractivity contribution >= 4 is 17.6 Å². The SMILES string of the molecule is CSC1CCCC(NCCCCC(N)=NO)C1. The van der Waals surface area contributed by atoms with Crippen molar-refractivity contribution in [2.45, 2.75) is 56.2 Å². The van der Waals surface area contributed by atoms with E-state index in [9.17, 15) is 0 Å². The molecule has 4 nitrogen and oxygen atoms in total. The zero-order chi connectivity index (χ0) is 12.5. The van der Waals surface area contributed by atoms with E-state index in [1.165, 1.54) is 25.7 Å². The van der Waals surface area contributed by atoms with E-state index in [1.807, 2.05) is 11.8 Å². The first-order valence-electron chi connectivity index (χ1n) is 6.49. The van der Waals surface area contributed by atoms with Crippen LogP contribution in [0.15, 0.2) is 5.16 Å². The maximum Gasteiger partial charge on any atom is 0.139 e. The Balaban J connectivity index is 2.02. The molecule has 2 atom stereocenters. The summed E-state index contributed by atoms with van der Waals surface area (Å²) in [5.41, 5.74) is 5.41. The number of nitrogens with zero attached hydrogens (tertiary/aromatic N) is 1. The Kier molecular flexibility index (Phi) is 7.44. The molecule has 0 heterocycles. The third kappa shape index (κ3) is 6.17. The van der Waals surface area contributed by atoms with Gasteiger partial charge < -0.3 is 16.3 Å². The minimum atomic E-state index is 0.338. The summed E-state index contributed by atoms with van der Waals surface area (Å²) in [6, 6.07) is 0.699. The standard InChI is InChI=1S/C12H25N3OS/c1-17-11-6-4-5-10(9-11)14-8-3-2-7-12(13)15-16/h10-11,14,16H,2-9H2,1H3,(H2,13,15). The number of unbranched alkanes of at least 4 members (excludes halogenated alkanes) is 1. The maximum atomic E-state index is 8.40. The van der Waals surface area contributed by atoms with Gasteiger partial charge >= 0.3 is 0 Å². The molecule has 1 aliphatic rings. The third-order valence-electron chi connectivity index (χ3n) is 3.38. The summed E-state index contributed by atoms with van der Waals surface area (Å²) in [6.07, 6.45) is 10.3. The third-order valence-corrected chi connectivity index (χ3v) is 4.48. The predicted molar refractivity (Wildman–Crippen MR) is 74.8 cm³/mol. The molecule has 0 aromatic rings. The summed E-state index contributed by atoms with van der Waals surface area (Å²) in [7, 11) is 0. The van der Waals surface area contributed by atoms with E-state index in [0.29, 0.717) is 18.3 Å². The number of rotatable bonds is 7. The van der Waals surface area contributed by atoms with Gasteiger partial charge in [-0.3, -0.25) is 0 Å². The molecule has 1 fully saturated rings. The van der Waals surface area contributed by atoms with Gasteiger partial charge in [0.05, 0.1) is 0 Å². The van der Waals surface area contributed by atoms with Crippen molar-refractivity contribution in [3.8, 4) is 0 Å². The Bertz CT molecular complexity index is 236. The van der Waals surface area contributed by atoms with Gasteiger partial charge in [-0.15, -0.1) is 0 Å². The first-order chi connectivity index (χ1) is 8.26. The summed E-state index contributed by atoms with van der Waals surface area (Å²) in [5.74, 6) is 0.338. The van der Waals surface area contributed by atoms with E-state index >= 15 is 0 Å². The van der Waals surface area contributed by atoms with Crippen molar-refractivity contribution in [2.24, 2.45) is 10.9 Å². The number of hydrogen-bond donors (Lipinski definition) is 3. The molecule has 100 valence electrons. The molecule has 1 aliphatic carbocycles. The molecule has 0 radical (unpaired) electrons. The highest BCUT2D eigenvalue weighted by Gasteiger charge is 2.20. The Morgan fingerprint density at radius 1 is 1.47 bits per heavy atom. The Hall–Kier alpha value is -0.420. The van der Waals surface area contributed by atoms with Gasteiger partial charge in [0, 0.05) is 17.7 Å². The molecule has 0 aliphatic heterocycles. The number of oxime groups is 1. The van der Waals surface area contributed by atoms with E-state index in [0.717, 1.165) is 24.6 Å². The smallest absolute Gasteiger partial charge is 0.139 e. The van der Waals surface area contributed by atoms with Gasteiger partial charge in [-0.1, -0.05) is 11.6 Å². The van der Waals surface area contributed by atoms with Crippen molar-refractivity contribution in [3.05, 3.63) is 0 Å². The minimum absolute atomic E-state index is 0.338.